The number of carbonyl (C=O) groups excluding carboxylic acids is 4. The lowest BCUT2D eigenvalue weighted by Gasteiger charge is -2.35. The molecular formula is C54H102N2O11. The monoisotopic (exact) mass is 955 g/mol. The second kappa shape index (κ2) is 46.1. The number of carbonyl (C=O) groups is 4. The van der Waals surface area contributed by atoms with Crippen molar-refractivity contribution in [3.8, 4) is 0 Å². The van der Waals surface area contributed by atoms with Crippen LogP contribution in [0.5, 0.6) is 0 Å². The maximum atomic E-state index is 12.6. The van der Waals surface area contributed by atoms with E-state index < -0.39 is 12.2 Å². The Balaban J connectivity index is 2.92. The predicted molar refractivity (Wildman–Crippen MR) is 268 cm³/mol. The van der Waals surface area contributed by atoms with Crippen molar-refractivity contribution < 1.29 is 52.7 Å². The number of hydrogen-bond acceptors (Lipinski definition) is 13. The lowest BCUT2D eigenvalue weighted by Crippen LogP contribution is -2.44. The Morgan fingerprint density at radius 3 is 1.10 bits per heavy atom. The fraction of sp³-hybridized carbons (Fsp3) is 0.926. The highest BCUT2D eigenvalue weighted by molar-refractivity contribution is 5.70. The fourth-order valence-electron chi connectivity index (χ4n) is 8.55. The van der Waals surface area contributed by atoms with Crippen LogP contribution in [0.1, 0.15) is 227 Å². The first kappa shape index (κ1) is 62.7. The predicted octanol–water partition coefficient (Wildman–Crippen LogP) is 11.1. The lowest BCUT2D eigenvalue weighted by atomic mass is 9.94. The molecule has 0 radical (unpaired) electrons. The summed E-state index contributed by atoms with van der Waals surface area (Å²) in [7, 11) is 0. The van der Waals surface area contributed by atoms with Crippen LogP contribution < -0.4 is 0 Å². The highest BCUT2D eigenvalue weighted by atomic mass is 16.6. The van der Waals surface area contributed by atoms with Gasteiger partial charge in [0.2, 0.25) is 0 Å². The molecule has 1 fully saturated rings. The molecule has 1 aliphatic rings. The van der Waals surface area contributed by atoms with Gasteiger partial charge in [-0.1, -0.05) is 150 Å². The van der Waals surface area contributed by atoms with Crippen molar-refractivity contribution in [3.63, 3.8) is 0 Å². The van der Waals surface area contributed by atoms with Crippen molar-refractivity contribution in [2.45, 2.75) is 245 Å². The molecule has 0 spiro atoms. The molecule has 0 amide bonds. The Morgan fingerprint density at radius 1 is 0.433 bits per heavy atom. The minimum atomic E-state index is -0.552. The van der Waals surface area contributed by atoms with Crippen molar-refractivity contribution in [1.29, 1.82) is 0 Å². The number of unbranched alkanes of at least 4 members (excludes halogenated alkanes) is 16. The molecule has 394 valence electrons. The second-order valence-electron chi connectivity index (χ2n) is 19.0. The first-order valence-corrected chi connectivity index (χ1v) is 27.7. The van der Waals surface area contributed by atoms with Gasteiger partial charge >= 0.3 is 23.9 Å². The number of hydrogen-bond donors (Lipinski definition) is 1. The zero-order chi connectivity index (χ0) is 48.8. The Morgan fingerprint density at radius 2 is 0.776 bits per heavy atom. The number of ether oxygens (including phenoxy) is 6. The second-order valence-corrected chi connectivity index (χ2v) is 19.0. The van der Waals surface area contributed by atoms with Gasteiger partial charge in [-0.05, 0) is 51.4 Å². The van der Waals surface area contributed by atoms with Gasteiger partial charge in [-0.2, -0.15) is 0 Å². The van der Waals surface area contributed by atoms with Gasteiger partial charge in [-0.3, -0.25) is 24.1 Å². The molecule has 0 atom stereocenters. The molecular weight excluding hydrogens is 853 g/mol. The summed E-state index contributed by atoms with van der Waals surface area (Å²) in [5.41, 5.74) is 0. The number of nitrogens with zero attached hydrogens (tertiary/aromatic N) is 2. The zero-order valence-electron chi connectivity index (χ0n) is 43.6. The number of aliphatic hydroxyl groups is 1. The standard InChI is InChI=1S/C54H102N2O11/c1-5-9-13-17-24-32-51(58)64-44-49(45-65-52(59)33-25-18-14-10-6-2)62-42-28-36-55(38-39-56(40-41-57)48-30-22-21-23-31-48)37-29-43-63-50(46-66-53(60)34-26-19-15-11-7-3)47-67-54(61)35-27-20-16-12-8-4/h48-50,57H,5-47H2,1-4H3. The molecule has 13 heteroatoms. The largest absolute Gasteiger partial charge is 0.463 e. The first-order valence-electron chi connectivity index (χ1n) is 27.7. The van der Waals surface area contributed by atoms with Crippen LogP contribution in [0.3, 0.4) is 0 Å². The molecule has 0 bridgehead atoms. The number of aliphatic hydroxyl groups excluding tert-OH is 1. The summed E-state index contributed by atoms with van der Waals surface area (Å²) in [6.45, 7) is 13.6. The zero-order valence-corrected chi connectivity index (χ0v) is 43.6. The topological polar surface area (TPSA) is 150 Å². The minimum absolute atomic E-state index is 0.0415. The average Bonchev–Trinajstić information content (AvgIpc) is 3.33. The average molecular weight is 955 g/mol. The van der Waals surface area contributed by atoms with E-state index in [9.17, 15) is 24.3 Å². The van der Waals surface area contributed by atoms with Gasteiger partial charge in [0.15, 0.2) is 0 Å². The smallest absolute Gasteiger partial charge is 0.305 e. The van der Waals surface area contributed by atoms with Crippen LogP contribution in [0.15, 0.2) is 0 Å². The highest BCUT2D eigenvalue weighted by Gasteiger charge is 2.22. The lowest BCUT2D eigenvalue weighted by molar-refractivity contribution is -0.156. The highest BCUT2D eigenvalue weighted by Crippen LogP contribution is 2.22. The van der Waals surface area contributed by atoms with Crippen LogP contribution in [-0.4, -0.2) is 136 Å². The Labute approximate surface area is 409 Å². The minimum Gasteiger partial charge on any atom is -0.463 e. The van der Waals surface area contributed by atoms with Gasteiger partial charge in [0.05, 0.1) is 6.61 Å². The molecule has 0 aliphatic heterocycles. The third kappa shape index (κ3) is 38.2. The van der Waals surface area contributed by atoms with E-state index in [1.807, 2.05) is 0 Å². The number of esters is 4. The fourth-order valence-corrected chi connectivity index (χ4v) is 8.55. The molecule has 0 aromatic heterocycles. The summed E-state index contributed by atoms with van der Waals surface area (Å²) in [5, 5.41) is 9.98. The van der Waals surface area contributed by atoms with Crippen LogP contribution >= 0.6 is 0 Å². The molecule has 0 aromatic carbocycles. The van der Waals surface area contributed by atoms with Crippen LogP contribution in [0.25, 0.3) is 0 Å². The van der Waals surface area contributed by atoms with Gasteiger partial charge in [0.25, 0.3) is 0 Å². The van der Waals surface area contributed by atoms with E-state index in [4.69, 9.17) is 28.4 Å². The van der Waals surface area contributed by atoms with E-state index in [2.05, 4.69) is 37.5 Å². The first-order chi connectivity index (χ1) is 32.8. The number of rotatable bonds is 48. The van der Waals surface area contributed by atoms with Gasteiger partial charge in [-0.15, -0.1) is 0 Å². The molecule has 1 saturated carbocycles. The van der Waals surface area contributed by atoms with Gasteiger partial charge < -0.3 is 38.4 Å². The SMILES string of the molecule is CCCCCCCC(=O)OCC(COC(=O)CCCCCCC)OCCCN(CCCOC(COC(=O)CCCCCCC)COC(=O)CCCCCCC)CCN(CCO)C1CCCCC1. The normalized spacial score (nSPS) is 13.3. The maximum absolute atomic E-state index is 12.6. The van der Waals surface area contributed by atoms with Gasteiger partial charge in [0, 0.05) is 77.7 Å². The Bertz CT molecular complexity index is 1040. The van der Waals surface area contributed by atoms with E-state index in [0.717, 1.165) is 167 Å². The van der Waals surface area contributed by atoms with Gasteiger partial charge in [-0.25, -0.2) is 0 Å². The van der Waals surface area contributed by atoms with E-state index in [-0.39, 0.29) is 56.9 Å². The van der Waals surface area contributed by atoms with E-state index in [0.29, 0.717) is 64.3 Å². The van der Waals surface area contributed by atoms with Crippen LogP contribution in [0.2, 0.25) is 0 Å². The van der Waals surface area contributed by atoms with Crippen molar-refractivity contribution >= 4 is 23.9 Å². The van der Waals surface area contributed by atoms with Crippen LogP contribution in [-0.2, 0) is 47.6 Å². The molecule has 0 unspecified atom stereocenters. The van der Waals surface area contributed by atoms with Gasteiger partial charge in [0.1, 0.15) is 38.6 Å². The van der Waals surface area contributed by atoms with Crippen LogP contribution in [0.4, 0.5) is 0 Å². The molecule has 0 heterocycles. The van der Waals surface area contributed by atoms with E-state index in [1.54, 1.807) is 0 Å². The molecule has 0 aromatic rings. The summed E-state index contributed by atoms with van der Waals surface area (Å²) in [6, 6.07) is 0.479. The quantitative estimate of drug-likeness (QED) is 0.0350. The van der Waals surface area contributed by atoms with E-state index in [1.165, 1.54) is 19.3 Å². The summed E-state index contributed by atoms with van der Waals surface area (Å²) in [6.07, 6.45) is 28.7. The van der Waals surface area contributed by atoms with Crippen LogP contribution in [0, 0.1) is 0 Å². The molecule has 0 saturated heterocycles. The Hall–Kier alpha value is -2.32. The third-order valence-electron chi connectivity index (χ3n) is 12.8. The van der Waals surface area contributed by atoms with Crippen molar-refractivity contribution in [2.75, 3.05) is 79.0 Å². The molecule has 67 heavy (non-hydrogen) atoms. The van der Waals surface area contributed by atoms with E-state index >= 15 is 0 Å². The van der Waals surface area contributed by atoms with Crippen molar-refractivity contribution in [1.82, 2.24) is 9.80 Å². The molecule has 13 nitrogen and oxygen atoms in total. The maximum Gasteiger partial charge on any atom is 0.305 e. The molecule has 1 aliphatic carbocycles. The summed E-state index contributed by atoms with van der Waals surface area (Å²) in [5.74, 6) is -0.999. The molecule has 1 rings (SSSR count). The molecule has 1 N–H and O–H groups in total. The van der Waals surface area contributed by atoms with Crippen molar-refractivity contribution in [2.24, 2.45) is 0 Å². The summed E-state index contributed by atoms with van der Waals surface area (Å²) >= 11 is 0. The summed E-state index contributed by atoms with van der Waals surface area (Å²) in [4.78, 5) is 55.3. The Kier molecular flexibility index (Phi) is 43.1. The van der Waals surface area contributed by atoms with Crippen molar-refractivity contribution in [3.05, 3.63) is 0 Å². The summed E-state index contributed by atoms with van der Waals surface area (Å²) < 4.78 is 35.1. The third-order valence-corrected chi connectivity index (χ3v) is 12.8.